The van der Waals surface area contributed by atoms with Crippen LogP contribution in [0.5, 0.6) is 0 Å². The zero-order chi connectivity index (χ0) is 13.1. The van der Waals surface area contributed by atoms with E-state index in [0.29, 0.717) is 0 Å². The number of carbonyl (C=O) groups is 2. The van der Waals surface area contributed by atoms with Crippen LogP contribution in [0.2, 0.25) is 0 Å². The van der Waals surface area contributed by atoms with Gasteiger partial charge in [0.25, 0.3) is 0 Å². The maximum absolute atomic E-state index is 11.9. The van der Waals surface area contributed by atoms with E-state index in [1.807, 2.05) is 0 Å². The largest absolute Gasteiger partial charge is 0.481 e. The minimum atomic E-state index is -4.97. The van der Waals surface area contributed by atoms with Crippen molar-refractivity contribution in [3.8, 4) is 0 Å². The lowest BCUT2D eigenvalue weighted by Crippen LogP contribution is -2.29. The van der Waals surface area contributed by atoms with E-state index in [9.17, 15) is 22.8 Å². The molecule has 0 unspecified atom stereocenters. The number of carboxylic acid groups (broad SMARTS) is 1. The molecule has 0 spiro atoms. The van der Waals surface area contributed by atoms with Gasteiger partial charge in [-0.15, -0.1) is 0 Å². The number of halogens is 3. The molecule has 5 nitrogen and oxygen atoms in total. The van der Waals surface area contributed by atoms with E-state index < -0.39 is 18.1 Å². The number of hydrogen-bond donors (Lipinski definition) is 2. The first-order chi connectivity index (χ1) is 7.79. The Labute approximate surface area is 93.3 Å². The molecular weight excluding hydrogens is 241 g/mol. The highest BCUT2D eigenvalue weighted by molar-refractivity contribution is 5.94. The molecule has 17 heavy (non-hydrogen) atoms. The van der Waals surface area contributed by atoms with E-state index in [1.54, 1.807) is 5.32 Å². The van der Waals surface area contributed by atoms with Crippen molar-refractivity contribution in [2.75, 3.05) is 5.32 Å². The van der Waals surface area contributed by atoms with Crippen molar-refractivity contribution >= 4 is 17.6 Å². The predicted molar refractivity (Wildman–Crippen MR) is 50.3 cm³/mol. The molecule has 0 fully saturated rings. The van der Waals surface area contributed by atoms with Crippen LogP contribution in [0, 0.1) is 0 Å². The van der Waals surface area contributed by atoms with Crippen LogP contribution in [0.4, 0.5) is 18.9 Å². The van der Waals surface area contributed by atoms with E-state index in [4.69, 9.17) is 5.11 Å². The average molecular weight is 248 g/mol. The Kier molecular flexibility index (Phi) is 3.66. The van der Waals surface area contributed by atoms with E-state index in [-0.39, 0.29) is 17.8 Å². The van der Waals surface area contributed by atoms with Gasteiger partial charge in [0.05, 0.1) is 24.0 Å². The van der Waals surface area contributed by atoms with Gasteiger partial charge in [-0.05, 0) is 12.1 Å². The highest BCUT2D eigenvalue weighted by Gasteiger charge is 2.38. The van der Waals surface area contributed by atoms with Crippen LogP contribution in [0.25, 0.3) is 0 Å². The molecule has 0 aliphatic carbocycles. The summed E-state index contributed by atoms with van der Waals surface area (Å²) in [4.78, 5) is 24.4. The third-order valence-corrected chi connectivity index (χ3v) is 1.67. The molecule has 0 aliphatic heterocycles. The van der Waals surface area contributed by atoms with Gasteiger partial charge in [0, 0.05) is 0 Å². The first kappa shape index (κ1) is 12.9. The number of aromatic nitrogens is 1. The third kappa shape index (κ3) is 4.09. The molecule has 92 valence electrons. The molecule has 2 N–H and O–H groups in total. The molecule has 0 saturated carbocycles. The number of aliphatic carboxylic acids is 1. The number of anilines is 1. The zero-order valence-corrected chi connectivity index (χ0v) is 8.28. The number of nitrogens with zero attached hydrogens (tertiary/aromatic N) is 1. The zero-order valence-electron chi connectivity index (χ0n) is 8.28. The predicted octanol–water partition coefficient (Wildman–Crippen LogP) is 1.21. The third-order valence-electron chi connectivity index (χ3n) is 1.67. The lowest BCUT2D eigenvalue weighted by molar-refractivity contribution is -0.167. The normalized spacial score (nSPS) is 11.0. The molecular formula is C9H7F3N2O3. The number of carboxylic acids is 1. The van der Waals surface area contributed by atoms with Crippen molar-refractivity contribution in [2.24, 2.45) is 0 Å². The van der Waals surface area contributed by atoms with Crippen molar-refractivity contribution < 1.29 is 27.9 Å². The molecule has 0 atom stereocenters. The molecule has 0 aromatic carbocycles. The number of alkyl halides is 3. The summed E-state index contributed by atoms with van der Waals surface area (Å²) in [6.45, 7) is 0. The maximum Gasteiger partial charge on any atom is 0.471 e. The standard InChI is InChI=1S/C9H7F3N2O3/c10-9(11,12)8(17)14-6-2-1-5(13-4-6)3-7(15)16/h1-2,4H,3H2,(H,14,17)(H,15,16). The highest BCUT2D eigenvalue weighted by Crippen LogP contribution is 2.17. The van der Waals surface area contributed by atoms with Crippen LogP contribution in [-0.2, 0) is 16.0 Å². The van der Waals surface area contributed by atoms with E-state index in [1.165, 1.54) is 6.07 Å². The second kappa shape index (κ2) is 4.81. The minimum absolute atomic E-state index is 0.151. The number of rotatable bonds is 3. The molecule has 1 aromatic heterocycles. The molecule has 0 bridgehead atoms. The van der Waals surface area contributed by atoms with Gasteiger partial charge in [-0.1, -0.05) is 0 Å². The highest BCUT2D eigenvalue weighted by atomic mass is 19.4. The average Bonchev–Trinajstić information content (AvgIpc) is 2.18. The van der Waals surface area contributed by atoms with Gasteiger partial charge in [-0.3, -0.25) is 14.6 Å². The van der Waals surface area contributed by atoms with E-state index >= 15 is 0 Å². The molecule has 1 rings (SSSR count). The summed E-state index contributed by atoms with van der Waals surface area (Å²) >= 11 is 0. The molecule has 1 heterocycles. The summed E-state index contributed by atoms with van der Waals surface area (Å²) in [6.07, 6.45) is -4.35. The number of nitrogens with one attached hydrogen (secondary N) is 1. The van der Waals surface area contributed by atoms with Gasteiger partial charge < -0.3 is 10.4 Å². The second-order valence-corrected chi connectivity index (χ2v) is 3.06. The van der Waals surface area contributed by atoms with Crippen LogP contribution in [0.3, 0.4) is 0 Å². The fourth-order valence-corrected chi connectivity index (χ4v) is 0.960. The number of carbonyl (C=O) groups excluding carboxylic acids is 1. The Bertz CT molecular complexity index is 428. The summed E-state index contributed by atoms with van der Waals surface area (Å²) in [5.74, 6) is -3.21. The van der Waals surface area contributed by atoms with Gasteiger partial charge in [0.15, 0.2) is 0 Å². The molecule has 1 amide bonds. The van der Waals surface area contributed by atoms with Crippen molar-refractivity contribution in [1.82, 2.24) is 4.98 Å². The number of pyridine rings is 1. The summed E-state index contributed by atoms with van der Waals surface area (Å²) in [5.41, 5.74) is 0.0315. The number of hydrogen-bond acceptors (Lipinski definition) is 3. The maximum atomic E-state index is 11.9. The summed E-state index contributed by atoms with van der Waals surface area (Å²) in [7, 11) is 0. The van der Waals surface area contributed by atoms with Gasteiger partial charge in [-0.25, -0.2) is 0 Å². The van der Waals surface area contributed by atoms with E-state index in [0.717, 1.165) is 12.3 Å². The first-order valence-corrected chi connectivity index (χ1v) is 4.34. The molecule has 0 aliphatic rings. The fraction of sp³-hybridized carbons (Fsp3) is 0.222. The quantitative estimate of drug-likeness (QED) is 0.842. The van der Waals surface area contributed by atoms with Gasteiger partial charge >= 0.3 is 18.1 Å². The Hall–Kier alpha value is -2.12. The van der Waals surface area contributed by atoms with Crippen LogP contribution in [-0.4, -0.2) is 28.1 Å². The molecule has 0 saturated heterocycles. The molecule has 8 heteroatoms. The second-order valence-electron chi connectivity index (χ2n) is 3.06. The van der Waals surface area contributed by atoms with Crippen LogP contribution in [0.15, 0.2) is 18.3 Å². The Balaban J connectivity index is 2.69. The van der Waals surface area contributed by atoms with Crippen LogP contribution in [0.1, 0.15) is 5.69 Å². The lowest BCUT2D eigenvalue weighted by atomic mass is 10.2. The topological polar surface area (TPSA) is 79.3 Å². The fourth-order valence-electron chi connectivity index (χ4n) is 0.960. The SMILES string of the molecule is O=C(O)Cc1ccc(NC(=O)C(F)(F)F)cn1. The number of amides is 1. The molecule has 1 aromatic rings. The monoisotopic (exact) mass is 248 g/mol. The van der Waals surface area contributed by atoms with Gasteiger partial charge in [0.1, 0.15) is 0 Å². The molecule has 0 radical (unpaired) electrons. The van der Waals surface area contributed by atoms with Gasteiger partial charge in [0.2, 0.25) is 0 Å². The minimum Gasteiger partial charge on any atom is -0.481 e. The smallest absolute Gasteiger partial charge is 0.471 e. The van der Waals surface area contributed by atoms with Crippen molar-refractivity contribution in [1.29, 1.82) is 0 Å². The first-order valence-electron chi connectivity index (χ1n) is 4.34. The summed E-state index contributed by atoms with van der Waals surface area (Å²) in [6, 6.07) is 2.37. The summed E-state index contributed by atoms with van der Waals surface area (Å²) in [5, 5.41) is 10.0. The lowest BCUT2D eigenvalue weighted by Gasteiger charge is -2.07. The van der Waals surface area contributed by atoms with Crippen LogP contribution >= 0.6 is 0 Å². The Morgan fingerprint density at radius 3 is 2.41 bits per heavy atom. The van der Waals surface area contributed by atoms with Crippen molar-refractivity contribution in [3.05, 3.63) is 24.0 Å². The van der Waals surface area contributed by atoms with Crippen molar-refractivity contribution in [3.63, 3.8) is 0 Å². The van der Waals surface area contributed by atoms with E-state index in [2.05, 4.69) is 4.98 Å². The van der Waals surface area contributed by atoms with Crippen molar-refractivity contribution in [2.45, 2.75) is 12.6 Å². The van der Waals surface area contributed by atoms with Gasteiger partial charge in [-0.2, -0.15) is 13.2 Å². The summed E-state index contributed by atoms with van der Waals surface area (Å²) < 4.78 is 35.6. The Morgan fingerprint density at radius 2 is 2.00 bits per heavy atom. The Morgan fingerprint density at radius 1 is 1.35 bits per heavy atom. The van der Waals surface area contributed by atoms with Crippen LogP contribution < -0.4 is 5.32 Å².